The summed E-state index contributed by atoms with van der Waals surface area (Å²) in [5.74, 6) is -0.141. The van der Waals surface area contributed by atoms with E-state index in [9.17, 15) is 9.90 Å². The second-order valence-electron chi connectivity index (χ2n) is 6.11. The summed E-state index contributed by atoms with van der Waals surface area (Å²) in [5, 5.41) is 9.54. The minimum Gasteiger partial charge on any atom is -0.493 e. The van der Waals surface area contributed by atoms with E-state index in [2.05, 4.69) is 4.98 Å². The van der Waals surface area contributed by atoms with Gasteiger partial charge in [0.05, 0.1) is 14.2 Å². The van der Waals surface area contributed by atoms with Gasteiger partial charge in [0.2, 0.25) is 0 Å². The topological polar surface area (TPSA) is 81.8 Å². The van der Waals surface area contributed by atoms with Crippen LogP contribution >= 0.6 is 0 Å². The van der Waals surface area contributed by atoms with Crippen LogP contribution < -0.4 is 9.47 Å². The first kappa shape index (κ1) is 17.6. The molecule has 1 N–H and O–H groups in total. The van der Waals surface area contributed by atoms with Crippen LogP contribution in [-0.2, 0) is 0 Å². The van der Waals surface area contributed by atoms with E-state index in [1.54, 1.807) is 18.3 Å². The van der Waals surface area contributed by atoms with Crippen LogP contribution in [0.25, 0.3) is 33.6 Å². The molecule has 0 fully saturated rings. The molecule has 4 aromatic rings. The second-order valence-corrected chi connectivity index (χ2v) is 6.11. The molecular formula is C22H17NO5. The fourth-order valence-corrected chi connectivity index (χ4v) is 3.19. The lowest BCUT2D eigenvalue weighted by atomic mass is 10.1. The van der Waals surface area contributed by atoms with Gasteiger partial charge in [0.25, 0.3) is 0 Å². The molecule has 0 aliphatic carbocycles. The third-order valence-corrected chi connectivity index (χ3v) is 4.49. The number of carboxylic acid groups (broad SMARTS) is 1. The van der Waals surface area contributed by atoms with Crippen LogP contribution in [0.3, 0.4) is 0 Å². The van der Waals surface area contributed by atoms with Crippen LogP contribution in [-0.4, -0.2) is 30.3 Å². The van der Waals surface area contributed by atoms with Gasteiger partial charge in [-0.2, -0.15) is 0 Å². The van der Waals surface area contributed by atoms with Crippen molar-refractivity contribution in [2.45, 2.75) is 0 Å². The maximum atomic E-state index is 11.7. The van der Waals surface area contributed by atoms with Gasteiger partial charge in [-0.15, -0.1) is 0 Å². The summed E-state index contributed by atoms with van der Waals surface area (Å²) in [5.41, 5.74) is 3.80. The van der Waals surface area contributed by atoms with Crippen molar-refractivity contribution in [3.05, 3.63) is 66.4 Å². The summed E-state index contributed by atoms with van der Waals surface area (Å²) in [6.45, 7) is 0. The molecule has 0 spiro atoms. The fraction of sp³-hybridized carbons (Fsp3) is 0.0909. The Morgan fingerprint density at radius 3 is 2.46 bits per heavy atom. The van der Waals surface area contributed by atoms with E-state index in [4.69, 9.17) is 13.9 Å². The van der Waals surface area contributed by atoms with Gasteiger partial charge in [-0.1, -0.05) is 30.3 Å². The van der Waals surface area contributed by atoms with Gasteiger partial charge >= 0.3 is 5.97 Å². The van der Waals surface area contributed by atoms with Crippen molar-refractivity contribution in [3.63, 3.8) is 0 Å². The number of pyridine rings is 1. The predicted molar refractivity (Wildman–Crippen MR) is 105 cm³/mol. The van der Waals surface area contributed by atoms with Crippen LogP contribution in [0.15, 0.2) is 65.2 Å². The van der Waals surface area contributed by atoms with Crippen LogP contribution in [0.4, 0.5) is 0 Å². The number of benzene rings is 2. The molecule has 0 saturated heterocycles. The smallest absolute Gasteiger partial charge is 0.339 e. The maximum absolute atomic E-state index is 11.7. The Labute approximate surface area is 161 Å². The Balaban J connectivity index is 1.91. The third-order valence-electron chi connectivity index (χ3n) is 4.49. The number of nitrogens with zero attached hydrogens (tertiary/aromatic N) is 1. The molecule has 2 heterocycles. The molecule has 2 aromatic heterocycles. The van der Waals surface area contributed by atoms with Gasteiger partial charge in [-0.25, -0.2) is 4.79 Å². The second kappa shape index (κ2) is 7.08. The number of ether oxygens (including phenoxy) is 2. The molecule has 6 heteroatoms. The van der Waals surface area contributed by atoms with E-state index in [0.29, 0.717) is 28.2 Å². The summed E-state index contributed by atoms with van der Waals surface area (Å²) >= 11 is 0. The third kappa shape index (κ3) is 2.95. The largest absolute Gasteiger partial charge is 0.493 e. The van der Waals surface area contributed by atoms with Crippen LogP contribution in [0.1, 0.15) is 10.4 Å². The molecule has 0 bridgehead atoms. The minimum atomic E-state index is -1.11. The molecular weight excluding hydrogens is 358 g/mol. The number of aromatic carboxylic acids is 1. The van der Waals surface area contributed by atoms with Crippen LogP contribution in [0.5, 0.6) is 11.5 Å². The van der Waals surface area contributed by atoms with Crippen molar-refractivity contribution >= 4 is 17.1 Å². The molecule has 28 heavy (non-hydrogen) atoms. The Morgan fingerprint density at radius 2 is 1.79 bits per heavy atom. The van der Waals surface area contributed by atoms with Crippen molar-refractivity contribution in [2.24, 2.45) is 0 Å². The monoisotopic (exact) mass is 375 g/mol. The summed E-state index contributed by atoms with van der Waals surface area (Å²) in [7, 11) is 2.86. The molecule has 6 nitrogen and oxygen atoms in total. The van der Waals surface area contributed by atoms with Crippen molar-refractivity contribution in [2.75, 3.05) is 14.2 Å². The zero-order valence-electron chi connectivity index (χ0n) is 15.3. The fourth-order valence-electron chi connectivity index (χ4n) is 3.19. The van der Waals surface area contributed by atoms with Gasteiger partial charge in [0.15, 0.2) is 17.1 Å². The predicted octanol–water partition coefficient (Wildman–Crippen LogP) is 4.88. The quantitative estimate of drug-likeness (QED) is 0.535. The van der Waals surface area contributed by atoms with E-state index in [1.165, 1.54) is 20.3 Å². The molecule has 0 saturated carbocycles. The normalized spacial score (nSPS) is 10.8. The zero-order chi connectivity index (χ0) is 19.7. The van der Waals surface area contributed by atoms with E-state index in [0.717, 1.165) is 11.1 Å². The molecule has 140 valence electrons. The number of rotatable bonds is 5. The number of fused-ring (bicyclic) bond motifs is 1. The lowest BCUT2D eigenvalue weighted by Gasteiger charge is -2.12. The number of hydrogen-bond donors (Lipinski definition) is 1. The molecule has 0 atom stereocenters. The van der Waals surface area contributed by atoms with Crippen LogP contribution in [0.2, 0.25) is 0 Å². The van der Waals surface area contributed by atoms with Crippen molar-refractivity contribution in [1.82, 2.24) is 4.98 Å². The molecule has 4 rings (SSSR count). The number of carbonyl (C=O) groups is 1. The molecule has 0 amide bonds. The van der Waals surface area contributed by atoms with Crippen molar-refractivity contribution in [1.29, 1.82) is 0 Å². The Kier molecular flexibility index (Phi) is 4.45. The average Bonchev–Trinajstić information content (AvgIpc) is 3.17. The zero-order valence-corrected chi connectivity index (χ0v) is 15.3. The van der Waals surface area contributed by atoms with E-state index >= 15 is 0 Å². The van der Waals surface area contributed by atoms with Crippen molar-refractivity contribution < 1.29 is 23.8 Å². The highest BCUT2D eigenvalue weighted by Gasteiger charge is 2.20. The lowest BCUT2D eigenvalue weighted by Crippen LogP contribution is -2.03. The number of aromatic nitrogens is 1. The highest BCUT2D eigenvalue weighted by Crippen LogP contribution is 2.39. The highest BCUT2D eigenvalue weighted by atomic mass is 16.5. The summed E-state index contributed by atoms with van der Waals surface area (Å²) in [6, 6.07) is 16.7. The van der Waals surface area contributed by atoms with E-state index in [1.807, 2.05) is 36.4 Å². The van der Waals surface area contributed by atoms with Gasteiger partial charge in [-0.3, -0.25) is 4.98 Å². The summed E-state index contributed by atoms with van der Waals surface area (Å²) in [6.07, 6.45) is 1.72. The van der Waals surface area contributed by atoms with Crippen molar-refractivity contribution in [3.8, 4) is 33.9 Å². The van der Waals surface area contributed by atoms with Gasteiger partial charge in [0.1, 0.15) is 16.8 Å². The van der Waals surface area contributed by atoms with Crippen LogP contribution in [0, 0.1) is 0 Å². The first-order chi connectivity index (χ1) is 13.6. The Bertz CT molecular complexity index is 1160. The molecule has 0 aliphatic heterocycles. The molecule has 0 unspecified atom stereocenters. The minimum absolute atomic E-state index is 0.00597. The van der Waals surface area contributed by atoms with E-state index < -0.39 is 5.97 Å². The Hall–Kier alpha value is -3.80. The van der Waals surface area contributed by atoms with Gasteiger partial charge in [-0.05, 0) is 23.8 Å². The summed E-state index contributed by atoms with van der Waals surface area (Å²) in [4.78, 5) is 16.0. The Morgan fingerprint density at radius 1 is 1.00 bits per heavy atom. The number of hydrogen-bond acceptors (Lipinski definition) is 5. The highest BCUT2D eigenvalue weighted by molar-refractivity contribution is 5.96. The lowest BCUT2D eigenvalue weighted by molar-refractivity contribution is 0.0692. The number of carboxylic acids is 1. The first-order valence-corrected chi connectivity index (χ1v) is 8.56. The molecule has 0 radical (unpaired) electrons. The first-order valence-electron chi connectivity index (χ1n) is 8.56. The SMILES string of the molecule is COc1cc(-c2cc3nccc(-c4ccccc4)c3o2)cc(C(=O)O)c1OC. The van der Waals surface area contributed by atoms with Gasteiger partial charge in [0, 0.05) is 23.4 Å². The van der Waals surface area contributed by atoms with E-state index in [-0.39, 0.29) is 11.3 Å². The number of furan rings is 1. The number of methoxy groups -OCH3 is 2. The maximum Gasteiger partial charge on any atom is 0.339 e. The van der Waals surface area contributed by atoms with Gasteiger partial charge < -0.3 is 19.0 Å². The average molecular weight is 375 g/mol. The summed E-state index contributed by atoms with van der Waals surface area (Å²) < 4.78 is 16.6. The standard InChI is InChI=1S/C22H17NO5/c1-26-19-11-14(10-16(22(24)25)21(19)27-2)18-12-17-20(28-18)15(8-9-23-17)13-6-4-3-5-7-13/h3-12H,1-2H3,(H,24,25). The molecule has 0 aliphatic rings. The molecule has 2 aromatic carbocycles.